The number of aromatic nitrogens is 3. The minimum atomic E-state index is -0.0190. The zero-order valence-electron chi connectivity index (χ0n) is 16.3. The quantitative estimate of drug-likeness (QED) is 0.610. The maximum Gasteiger partial charge on any atom is 0.253 e. The molecule has 4 rings (SSSR count). The number of amides is 1. The third-order valence-corrected chi connectivity index (χ3v) is 5.58. The highest BCUT2D eigenvalue weighted by Crippen LogP contribution is 2.31. The van der Waals surface area contributed by atoms with Crippen LogP contribution in [-0.4, -0.2) is 46.1 Å². The lowest BCUT2D eigenvalue weighted by Gasteiger charge is -2.30. The van der Waals surface area contributed by atoms with Crippen LogP contribution < -0.4 is 9.47 Å². The molecule has 0 atom stereocenters. The van der Waals surface area contributed by atoms with E-state index in [4.69, 9.17) is 14.0 Å². The van der Waals surface area contributed by atoms with E-state index in [1.54, 1.807) is 30.8 Å². The summed E-state index contributed by atoms with van der Waals surface area (Å²) < 4.78 is 16.5. The van der Waals surface area contributed by atoms with Crippen molar-refractivity contribution in [2.24, 2.45) is 0 Å². The van der Waals surface area contributed by atoms with E-state index in [0.717, 1.165) is 18.5 Å². The molecule has 1 saturated heterocycles. The molecule has 9 heteroatoms. The van der Waals surface area contributed by atoms with Crippen LogP contribution in [0.25, 0.3) is 0 Å². The molecular formula is C20H22N4O4S. The van der Waals surface area contributed by atoms with Gasteiger partial charge < -0.3 is 18.9 Å². The van der Waals surface area contributed by atoms with Crippen molar-refractivity contribution in [3.63, 3.8) is 0 Å². The maximum absolute atomic E-state index is 12.9. The van der Waals surface area contributed by atoms with E-state index in [2.05, 4.69) is 15.1 Å². The largest absolute Gasteiger partial charge is 0.493 e. The van der Waals surface area contributed by atoms with Crippen LogP contribution in [0.3, 0.4) is 0 Å². The number of methoxy groups -OCH3 is 1. The van der Waals surface area contributed by atoms with Gasteiger partial charge in [0.15, 0.2) is 17.3 Å². The Morgan fingerprint density at radius 3 is 2.79 bits per heavy atom. The van der Waals surface area contributed by atoms with Gasteiger partial charge in [0.2, 0.25) is 5.89 Å². The molecule has 0 bridgehead atoms. The summed E-state index contributed by atoms with van der Waals surface area (Å²) in [7, 11) is 1.57. The normalized spacial score (nSPS) is 14.8. The lowest BCUT2D eigenvalue weighted by Crippen LogP contribution is -2.38. The SMILES string of the molecule is COc1cc(C(=O)N2CCC(c3nc(C)no3)CC2)ccc1OCc1cscn1. The minimum Gasteiger partial charge on any atom is -0.493 e. The second-order valence-electron chi connectivity index (χ2n) is 6.88. The van der Waals surface area contributed by atoms with Gasteiger partial charge in [-0.1, -0.05) is 5.16 Å². The molecule has 0 N–H and O–H groups in total. The van der Waals surface area contributed by atoms with Gasteiger partial charge in [0, 0.05) is 30.0 Å². The molecule has 1 aliphatic rings. The Labute approximate surface area is 172 Å². The second-order valence-corrected chi connectivity index (χ2v) is 7.60. The molecule has 29 heavy (non-hydrogen) atoms. The number of ether oxygens (including phenoxy) is 2. The van der Waals surface area contributed by atoms with Crippen molar-refractivity contribution in [2.45, 2.75) is 32.3 Å². The van der Waals surface area contributed by atoms with Crippen molar-refractivity contribution >= 4 is 17.2 Å². The van der Waals surface area contributed by atoms with Crippen molar-refractivity contribution in [2.75, 3.05) is 20.2 Å². The molecule has 152 valence electrons. The number of rotatable bonds is 6. The Hall–Kier alpha value is -2.94. The zero-order valence-corrected chi connectivity index (χ0v) is 17.1. The average Bonchev–Trinajstić information content (AvgIpc) is 3.43. The number of hydrogen-bond donors (Lipinski definition) is 0. The molecular weight excluding hydrogens is 392 g/mol. The Balaban J connectivity index is 1.39. The van der Waals surface area contributed by atoms with Crippen LogP contribution in [0.2, 0.25) is 0 Å². The molecule has 0 radical (unpaired) electrons. The number of aryl methyl sites for hydroxylation is 1. The summed E-state index contributed by atoms with van der Waals surface area (Å²) in [6.45, 7) is 3.46. The van der Waals surface area contributed by atoms with E-state index in [9.17, 15) is 4.79 Å². The topological polar surface area (TPSA) is 90.6 Å². The fourth-order valence-corrected chi connectivity index (χ4v) is 3.91. The Morgan fingerprint density at radius 1 is 1.31 bits per heavy atom. The highest BCUT2D eigenvalue weighted by Gasteiger charge is 2.28. The van der Waals surface area contributed by atoms with E-state index < -0.39 is 0 Å². The lowest BCUT2D eigenvalue weighted by molar-refractivity contribution is 0.0704. The molecule has 8 nitrogen and oxygen atoms in total. The van der Waals surface area contributed by atoms with Crippen molar-refractivity contribution in [1.29, 1.82) is 0 Å². The summed E-state index contributed by atoms with van der Waals surface area (Å²) in [5.74, 6) is 2.61. The van der Waals surface area contributed by atoms with E-state index in [1.807, 2.05) is 17.2 Å². The van der Waals surface area contributed by atoms with Crippen molar-refractivity contribution < 1.29 is 18.8 Å². The highest BCUT2D eigenvalue weighted by molar-refractivity contribution is 7.07. The number of thiazole rings is 1. The summed E-state index contributed by atoms with van der Waals surface area (Å²) in [6.07, 6.45) is 1.61. The number of likely N-dealkylation sites (tertiary alicyclic amines) is 1. The van der Waals surface area contributed by atoms with Crippen LogP contribution >= 0.6 is 11.3 Å². The number of piperidine rings is 1. The molecule has 1 amide bonds. The first-order valence-electron chi connectivity index (χ1n) is 9.41. The van der Waals surface area contributed by atoms with E-state index in [0.29, 0.717) is 48.5 Å². The first-order valence-corrected chi connectivity index (χ1v) is 10.4. The van der Waals surface area contributed by atoms with Crippen LogP contribution in [0.5, 0.6) is 11.5 Å². The van der Waals surface area contributed by atoms with Gasteiger partial charge in [0.1, 0.15) is 6.61 Å². The Bertz CT molecular complexity index is 965. The van der Waals surface area contributed by atoms with E-state index >= 15 is 0 Å². The first kappa shape index (κ1) is 19.4. The minimum absolute atomic E-state index is 0.0190. The van der Waals surface area contributed by atoms with Gasteiger partial charge in [-0.05, 0) is 38.0 Å². The van der Waals surface area contributed by atoms with E-state index in [1.165, 1.54) is 11.3 Å². The highest BCUT2D eigenvalue weighted by atomic mass is 32.1. The van der Waals surface area contributed by atoms with Gasteiger partial charge >= 0.3 is 0 Å². The molecule has 1 aromatic carbocycles. The lowest BCUT2D eigenvalue weighted by atomic mass is 9.96. The predicted octanol–water partition coefficient (Wildman–Crippen LogP) is 3.44. The first-order chi connectivity index (χ1) is 14.1. The van der Waals surface area contributed by atoms with E-state index in [-0.39, 0.29) is 11.8 Å². The predicted molar refractivity (Wildman–Crippen MR) is 106 cm³/mol. The molecule has 0 spiro atoms. The number of hydrogen-bond acceptors (Lipinski definition) is 8. The summed E-state index contributed by atoms with van der Waals surface area (Å²) in [5.41, 5.74) is 3.20. The summed E-state index contributed by atoms with van der Waals surface area (Å²) in [5, 5.41) is 5.79. The summed E-state index contributed by atoms with van der Waals surface area (Å²) in [6, 6.07) is 5.27. The molecule has 0 aliphatic carbocycles. The average molecular weight is 414 g/mol. The molecule has 1 fully saturated rings. The van der Waals surface area contributed by atoms with Gasteiger partial charge in [0.25, 0.3) is 5.91 Å². The van der Waals surface area contributed by atoms with Crippen LogP contribution in [0.1, 0.15) is 46.5 Å². The van der Waals surface area contributed by atoms with Gasteiger partial charge in [-0.3, -0.25) is 4.79 Å². The monoisotopic (exact) mass is 414 g/mol. The summed E-state index contributed by atoms with van der Waals surface area (Å²) >= 11 is 1.52. The van der Waals surface area contributed by atoms with Crippen LogP contribution in [-0.2, 0) is 6.61 Å². The smallest absolute Gasteiger partial charge is 0.253 e. The molecule has 0 unspecified atom stereocenters. The Morgan fingerprint density at radius 2 is 2.14 bits per heavy atom. The van der Waals surface area contributed by atoms with Crippen LogP contribution in [0.4, 0.5) is 0 Å². The molecule has 2 aromatic heterocycles. The molecule has 1 aliphatic heterocycles. The number of carbonyl (C=O) groups excluding carboxylic acids is 1. The standard InChI is InChI=1S/C20H22N4O4S/c1-13-22-19(28-23-13)14-5-7-24(8-6-14)20(25)15-3-4-17(18(9-15)26-2)27-10-16-11-29-12-21-16/h3-4,9,11-12,14H,5-8,10H2,1-2H3. The third kappa shape index (κ3) is 4.40. The third-order valence-electron chi connectivity index (χ3n) is 4.94. The van der Waals surface area contributed by atoms with Crippen LogP contribution in [0.15, 0.2) is 33.6 Å². The van der Waals surface area contributed by atoms with Gasteiger partial charge in [0.05, 0.1) is 18.3 Å². The van der Waals surface area contributed by atoms with Crippen LogP contribution in [0, 0.1) is 6.92 Å². The molecule has 0 saturated carbocycles. The van der Waals surface area contributed by atoms with Gasteiger partial charge in [-0.25, -0.2) is 4.98 Å². The summed E-state index contributed by atoms with van der Waals surface area (Å²) in [4.78, 5) is 23.3. The number of benzene rings is 1. The van der Waals surface area contributed by atoms with Crippen molar-refractivity contribution in [1.82, 2.24) is 20.0 Å². The fraction of sp³-hybridized carbons (Fsp3) is 0.400. The zero-order chi connectivity index (χ0) is 20.2. The van der Waals surface area contributed by atoms with Crippen molar-refractivity contribution in [3.05, 3.63) is 52.1 Å². The number of nitrogens with zero attached hydrogens (tertiary/aromatic N) is 4. The van der Waals surface area contributed by atoms with Gasteiger partial charge in [-0.15, -0.1) is 11.3 Å². The number of carbonyl (C=O) groups is 1. The molecule has 3 aromatic rings. The maximum atomic E-state index is 12.9. The molecule has 3 heterocycles. The second kappa shape index (κ2) is 8.60. The Kier molecular flexibility index (Phi) is 5.75. The fourth-order valence-electron chi connectivity index (χ4n) is 3.37. The van der Waals surface area contributed by atoms with Gasteiger partial charge in [-0.2, -0.15) is 4.98 Å². The van der Waals surface area contributed by atoms with Crippen molar-refractivity contribution in [3.8, 4) is 11.5 Å².